The van der Waals surface area contributed by atoms with Crippen LogP contribution in [0.3, 0.4) is 0 Å². The Morgan fingerprint density at radius 3 is 2.00 bits per heavy atom. The second-order valence-electron chi connectivity index (χ2n) is 5.65. The Kier molecular flexibility index (Phi) is 3.07. The zero-order valence-corrected chi connectivity index (χ0v) is 10.6. The third-order valence-corrected chi connectivity index (χ3v) is 4.18. The van der Waals surface area contributed by atoms with Crippen LogP contribution in [0.2, 0.25) is 0 Å². The Bertz CT molecular complexity index is 336. The standard InChI is InChI=1S/C15H23N/c1-11(2)14(13-7-5-4-6-8-13)15(9-10-15)12(3)16/h4-8,11-12,14H,9-10,16H2,1-3H3. The van der Waals surface area contributed by atoms with Gasteiger partial charge in [0.1, 0.15) is 0 Å². The minimum atomic E-state index is 0.306. The summed E-state index contributed by atoms with van der Waals surface area (Å²) in [6.45, 7) is 6.81. The van der Waals surface area contributed by atoms with Gasteiger partial charge in [0.2, 0.25) is 0 Å². The summed E-state index contributed by atoms with van der Waals surface area (Å²) < 4.78 is 0. The molecule has 1 aliphatic rings. The number of benzene rings is 1. The third kappa shape index (κ3) is 1.89. The molecular formula is C15H23N. The molecular weight excluding hydrogens is 194 g/mol. The molecule has 1 aromatic carbocycles. The molecule has 1 nitrogen and oxygen atoms in total. The molecule has 1 saturated carbocycles. The summed E-state index contributed by atoms with van der Waals surface area (Å²) in [5, 5.41) is 0. The third-order valence-electron chi connectivity index (χ3n) is 4.18. The van der Waals surface area contributed by atoms with Gasteiger partial charge in [0.05, 0.1) is 0 Å². The Morgan fingerprint density at radius 1 is 1.06 bits per heavy atom. The van der Waals surface area contributed by atoms with E-state index in [2.05, 4.69) is 51.1 Å². The highest BCUT2D eigenvalue weighted by atomic mass is 14.7. The molecule has 88 valence electrons. The van der Waals surface area contributed by atoms with Crippen molar-refractivity contribution in [2.24, 2.45) is 17.1 Å². The first kappa shape index (κ1) is 11.7. The average Bonchev–Trinajstić information content (AvgIpc) is 3.00. The molecule has 0 saturated heterocycles. The second kappa shape index (κ2) is 4.21. The topological polar surface area (TPSA) is 26.0 Å². The maximum atomic E-state index is 6.21. The summed E-state index contributed by atoms with van der Waals surface area (Å²) in [6.07, 6.45) is 2.59. The highest BCUT2D eigenvalue weighted by molar-refractivity contribution is 5.26. The minimum Gasteiger partial charge on any atom is -0.327 e. The summed E-state index contributed by atoms with van der Waals surface area (Å²) in [5.74, 6) is 1.28. The van der Waals surface area contributed by atoms with Crippen molar-refractivity contribution in [3.63, 3.8) is 0 Å². The lowest BCUT2D eigenvalue weighted by atomic mass is 9.73. The summed E-state index contributed by atoms with van der Waals surface area (Å²) in [6, 6.07) is 11.2. The van der Waals surface area contributed by atoms with Crippen LogP contribution in [0.25, 0.3) is 0 Å². The SMILES string of the molecule is CC(C)C(c1ccccc1)C1(C(C)N)CC1. The number of rotatable bonds is 4. The van der Waals surface area contributed by atoms with Gasteiger partial charge in [0, 0.05) is 6.04 Å². The fraction of sp³-hybridized carbons (Fsp3) is 0.600. The smallest absolute Gasteiger partial charge is 0.00729 e. The Morgan fingerprint density at radius 2 is 1.62 bits per heavy atom. The quantitative estimate of drug-likeness (QED) is 0.820. The molecule has 1 aliphatic carbocycles. The molecule has 2 N–H and O–H groups in total. The fourth-order valence-corrected chi connectivity index (χ4v) is 3.23. The summed E-state index contributed by atoms with van der Waals surface area (Å²) >= 11 is 0. The highest BCUT2D eigenvalue weighted by Gasteiger charge is 2.53. The van der Waals surface area contributed by atoms with Crippen molar-refractivity contribution in [2.75, 3.05) is 0 Å². The van der Waals surface area contributed by atoms with E-state index < -0.39 is 0 Å². The van der Waals surface area contributed by atoms with Crippen LogP contribution in [-0.4, -0.2) is 6.04 Å². The predicted octanol–water partition coefficient (Wildman–Crippen LogP) is 3.55. The normalized spacial score (nSPS) is 21.8. The molecule has 0 amide bonds. The van der Waals surface area contributed by atoms with Crippen LogP contribution in [0.15, 0.2) is 30.3 Å². The maximum absolute atomic E-state index is 6.21. The van der Waals surface area contributed by atoms with E-state index in [4.69, 9.17) is 5.73 Å². The lowest BCUT2D eigenvalue weighted by molar-refractivity contribution is 0.278. The van der Waals surface area contributed by atoms with Gasteiger partial charge in [-0.05, 0) is 42.6 Å². The van der Waals surface area contributed by atoms with Crippen molar-refractivity contribution in [1.29, 1.82) is 0 Å². The van der Waals surface area contributed by atoms with Crippen LogP contribution in [0, 0.1) is 11.3 Å². The lowest BCUT2D eigenvalue weighted by Crippen LogP contribution is -2.35. The Labute approximate surface area is 99.0 Å². The maximum Gasteiger partial charge on any atom is 0.00729 e. The highest BCUT2D eigenvalue weighted by Crippen LogP contribution is 2.60. The van der Waals surface area contributed by atoms with Crippen LogP contribution in [0.4, 0.5) is 0 Å². The van der Waals surface area contributed by atoms with Crippen LogP contribution < -0.4 is 5.73 Å². The molecule has 0 radical (unpaired) electrons. The van der Waals surface area contributed by atoms with Crippen molar-refractivity contribution >= 4 is 0 Å². The van der Waals surface area contributed by atoms with E-state index in [0.717, 1.165) is 0 Å². The minimum absolute atomic E-state index is 0.306. The molecule has 0 heterocycles. The van der Waals surface area contributed by atoms with E-state index in [1.165, 1.54) is 18.4 Å². The van der Waals surface area contributed by atoms with E-state index in [-0.39, 0.29) is 0 Å². The van der Waals surface area contributed by atoms with Gasteiger partial charge in [-0.2, -0.15) is 0 Å². The molecule has 0 aliphatic heterocycles. The number of nitrogens with two attached hydrogens (primary N) is 1. The van der Waals surface area contributed by atoms with Gasteiger partial charge in [-0.1, -0.05) is 44.2 Å². The van der Waals surface area contributed by atoms with Crippen molar-refractivity contribution in [3.8, 4) is 0 Å². The fourth-order valence-electron chi connectivity index (χ4n) is 3.23. The van der Waals surface area contributed by atoms with Gasteiger partial charge in [-0.15, -0.1) is 0 Å². The molecule has 2 unspecified atom stereocenters. The van der Waals surface area contributed by atoms with Gasteiger partial charge >= 0.3 is 0 Å². The van der Waals surface area contributed by atoms with Gasteiger partial charge < -0.3 is 5.73 Å². The number of hydrogen-bond acceptors (Lipinski definition) is 1. The van der Waals surface area contributed by atoms with E-state index in [1.54, 1.807) is 0 Å². The first-order valence-electron chi connectivity index (χ1n) is 6.38. The first-order chi connectivity index (χ1) is 7.58. The Hall–Kier alpha value is -0.820. The van der Waals surface area contributed by atoms with E-state index in [0.29, 0.717) is 23.3 Å². The van der Waals surface area contributed by atoms with Crippen LogP contribution in [0.5, 0.6) is 0 Å². The molecule has 0 bridgehead atoms. The van der Waals surface area contributed by atoms with Crippen molar-refractivity contribution < 1.29 is 0 Å². The van der Waals surface area contributed by atoms with Crippen LogP contribution in [-0.2, 0) is 0 Å². The second-order valence-corrected chi connectivity index (χ2v) is 5.65. The number of hydrogen-bond donors (Lipinski definition) is 1. The summed E-state index contributed by atoms with van der Waals surface area (Å²) in [5.41, 5.74) is 8.04. The first-order valence-corrected chi connectivity index (χ1v) is 6.38. The average molecular weight is 217 g/mol. The zero-order valence-electron chi connectivity index (χ0n) is 10.6. The molecule has 1 heteroatoms. The van der Waals surface area contributed by atoms with E-state index in [9.17, 15) is 0 Å². The molecule has 1 aromatic rings. The molecule has 2 atom stereocenters. The largest absolute Gasteiger partial charge is 0.327 e. The monoisotopic (exact) mass is 217 g/mol. The predicted molar refractivity (Wildman–Crippen MR) is 69.3 cm³/mol. The van der Waals surface area contributed by atoms with E-state index >= 15 is 0 Å². The summed E-state index contributed by atoms with van der Waals surface area (Å²) in [4.78, 5) is 0. The van der Waals surface area contributed by atoms with E-state index in [1.807, 2.05) is 0 Å². The van der Waals surface area contributed by atoms with Crippen molar-refractivity contribution in [3.05, 3.63) is 35.9 Å². The van der Waals surface area contributed by atoms with Gasteiger partial charge in [-0.25, -0.2) is 0 Å². The molecule has 0 aromatic heterocycles. The van der Waals surface area contributed by atoms with Crippen molar-refractivity contribution in [1.82, 2.24) is 0 Å². The summed E-state index contributed by atoms with van der Waals surface area (Å²) in [7, 11) is 0. The molecule has 1 fully saturated rings. The Balaban J connectivity index is 2.32. The van der Waals surface area contributed by atoms with Gasteiger partial charge in [-0.3, -0.25) is 0 Å². The van der Waals surface area contributed by atoms with Gasteiger partial charge in [0.25, 0.3) is 0 Å². The van der Waals surface area contributed by atoms with Crippen molar-refractivity contribution in [2.45, 2.75) is 45.6 Å². The molecule has 2 rings (SSSR count). The molecule has 16 heavy (non-hydrogen) atoms. The van der Waals surface area contributed by atoms with Crippen LogP contribution in [0.1, 0.15) is 45.1 Å². The molecule has 0 spiro atoms. The van der Waals surface area contributed by atoms with Crippen LogP contribution >= 0.6 is 0 Å². The lowest BCUT2D eigenvalue weighted by Gasteiger charge is -2.33. The zero-order chi connectivity index (χ0) is 11.8. The van der Waals surface area contributed by atoms with Gasteiger partial charge in [0.15, 0.2) is 0 Å².